The van der Waals surface area contributed by atoms with E-state index in [1.165, 1.54) is 0 Å². The molecule has 21 heavy (non-hydrogen) atoms. The first-order valence-corrected chi connectivity index (χ1v) is 7.79. The van der Waals surface area contributed by atoms with Crippen LogP contribution in [0.15, 0.2) is 46.9 Å². The molecule has 0 saturated heterocycles. The second-order valence-corrected chi connectivity index (χ2v) is 5.96. The van der Waals surface area contributed by atoms with Crippen molar-refractivity contribution >= 4 is 33.2 Å². The Morgan fingerprint density at radius 1 is 1.29 bits per heavy atom. The minimum Gasteiger partial charge on any atom is -0.491 e. The van der Waals surface area contributed by atoms with Gasteiger partial charge in [-0.2, -0.15) is 0 Å². The number of ether oxygens (including phenoxy) is 1. The molecule has 5 heteroatoms. The van der Waals surface area contributed by atoms with E-state index in [9.17, 15) is 5.11 Å². The van der Waals surface area contributed by atoms with E-state index in [0.717, 1.165) is 21.5 Å². The molecule has 0 aliphatic heterocycles. The Hall–Kier alpha value is -1.23. The number of aryl methyl sites for hydroxylation is 1. The molecule has 0 heterocycles. The molecule has 1 atom stereocenters. The van der Waals surface area contributed by atoms with Crippen LogP contribution in [0.1, 0.15) is 5.56 Å². The van der Waals surface area contributed by atoms with Gasteiger partial charge < -0.3 is 15.2 Å². The maximum absolute atomic E-state index is 9.97. The summed E-state index contributed by atoms with van der Waals surface area (Å²) in [6.45, 7) is 2.61. The predicted octanol–water partition coefficient (Wildman–Crippen LogP) is 4.26. The van der Waals surface area contributed by atoms with Gasteiger partial charge in [0.05, 0.1) is 15.2 Å². The molecular weight excluding hydrogens is 354 g/mol. The summed E-state index contributed by atoms with van der Waals surface area (Å²) in [5.41, 5.74) is 1.97. The van der Waals surface area contributed by atoms with Crippen LogP contribution in [0.5, 0.6) is 5.75 Å². The zero-order chi connectivity index (χ0) is 15.2. The zero-order valence-corrected chi connectivity index (χ0v) is 14.0. The smallest absolute Gasteiger partial charge is 0.119 e. The van der Waals surface area contributed by atoms with Gasteiger partial charge in [-0.05, 0) is 52.7 Å². The maximum Gasteiger partial charge on any atom is 0.119 e. The van der Waals surface area contributed by atoms with Crippen molar-refractivity contribution in [3.8, 4) is 5.75 Å². The lowest BCUT2D eigenvalue weighted by Crippen LogP contribution is -2.26. The van der Waals surface area contributed by atoms with Crippen LogP contribution in [-0.4, -0.2) is 24.4 Å². The van der Waals surface area contributed by atoms with E-state index in [2.05, 4.69) is 21.2 Å². The third-order valence-electron chi connectivity index (χ3n) is 2.91. The molecule has 112 valence electrons. The van der Waals surface area contributed by atoms with E-state index in [1.807, 2.05) is 43.3 Å². The predicted molar refractivity (Wildman–Crippen MR) is 90.3 cm³/mol. The maximum atomic E-state index is 9.97. The number of hydrogen-bond donors (Lipinski definition) is 2. The number of rotatable bonds is 6. The fourth-order valence-corrected chi connectivity index (χ4v) is 2.40. The third kappa shape index (κ3) is 4.92. The fourth-order valence-electron chi connectivity index (χ4n) is 1.82. The van der Waals surface area contributed by atoms with E-state index in [-0.39, 0.29) is 6.61 Å². The Kier molecular flexibility index (Phi) is 5.91. The van der Waals surface area contributed by atoms with Crippen LogP contribution in [0.3, 0.4) is 0 Å². The lowest BCUT2D eigenvalue weighted by atomic mass is 10.2. The summed E-state index contributed by atoms with van der Waals surface area (Å²) in [5, 5.41) is 13.7. The normalized spacial score (nSPS) is 12.0. The van der Waals surface area contributed by atoms with Crippen LogP contribution in [0, 0.1) is 6.92 Å². The number of hydrogen-bond acceptors (Lipinski definition) is 3. The van der Waals surface area contributed by atoms with Crippen LogP contribution in [-0.2, 0) is 0 Å². The van der Waals surface area contributed by atoms with Crippen LogP contribution in [0.4, 0.5) is 5.69 Å². The Bertz CT molecular complexity index is 607. The SMILES string of the molecule is Cc1cccc(OCC(O)CNc2cccc(Cl)c2Br)c1. The average molecular weight is 371 g/mol. The van der Waals surface area contributed by atoms with E-state index >= 15 is 0 Å². The first kappa shape index (κ1) is 16.1. The molecule has 0 aliphatic carbocycles. The van der Waals surface area contributed by atoms with Crippen molar-refractivity contribution in [2.45, 2.75) is 13.0 Å². The molecular formula is C16H17BrClNO2. The highest BCUT2D eigenvalue weighted by Gasteiger charge is 2.08. The van der Waals surface area contributed by atoms with Crippen LogP contribution >= 0.6 is 27.5 Å². The highest BCUT2D eigenvalue weighted by Crippen LogP contribution is 2.29. The van der Waals surface area contributed by atoms with E-state index in [1.54, 1.807) is 6.07 Å². The van der Waals surface area contributed by atoms with E-state index < -0.39 is 6.10 Å². The number of aliphatic hydroxyl groups is 1. The quantitative estimate of drug-likeness (QED) is 0.798. The minimum atomic E-state index is -0.614. The highest BCUT2D eigenvalue weighted by molar-refractivity contribution is 9.10. The minimum absolute atomic E-state index is 0.231. The van der Waals surface area contributed by atoms with Gasteiger partial charge in [-0.1, -0.05) is 29.8 Å². The number of halogens is 2. The molecule has 1 unspecified atom stereocenters. The van der Waals surface area contributed by atoms with Gasteiger partial charge in [-0.3, -0.25) is 0 Å². The molecule has 0 fully saturated rings. The third-order valence-corrected chi connectivity index (χ3v) is 4.31. The number of aliphatic hydroxyl groups excluding tert-OH is 1. The van der Waals surface area contributed by atoms with Gasteiger partial charge in [0.25, 0.3) is 0 Å². The molecule has 0 spiro atoms. The van der Waals surface area contributed by atoms with E-state index in [4.69, 9.17) is 16.3 Å². The fraction of sp³-hybridized carbons (Fsp3) is 0.250. The molecule has 2 rings (SSSR count). The molecule has 0 bridgehead atoms. The molecule has 0 aliphatic rings. The monoisotopic (exact) mass is 369 g/mol. The highest BCUT2D eigenvalue weighted by atomic mass is 79.9. The van der Waals surface area contributed by atoms with Crippen molar-refractivity contribution < 1.29 is 9.84 Å². The number of nitrogens with one attached hydrogen (secondary N) is 1. The van der Waals surface area contributed by atoms with Gasteiger partial charge >= 0.3 is 0 Å². The van der Waals surface area contributed by atoms with Gasteiger partial charge in [-0.15, -0.1) is 0 Å². The summed E-state index contributed by atoms with van der Waals surface area (Å²) in [5.74, 6) is 0.762. The van der Waals surface area contributed by atoms with E-state index in [0.29, 0.717) is 11.6 Å². The van der Waals surface area contributed by atoms with Gasteiger partial charge in [-0.25, -0.2) is 0 Å². The summed E-state index contributed by atoms with van der Waals surface area (Å²) >= 11 is 9.42. The van der Waals surface area contributed by atoms with Crippen molar-refractivity contribution in [3.63, 3.8) is 0 Å². The van der Waals surface area contributed by atoms with Crippen LogP contribution in [0.25, 0.3) is 0 Å². The molecule has 0 radical (unpaired) electrons. The van der Waals surface area contributed by atoms with Gasteiger partial charge in [0.2, 0.25) is 0 Å². The van der Waals surface area contributed by atoms with Crippen molar-refractivity contribution in [3.05, 3.63) is 57.5 Å². The lowest BCUT2D eigenvalue weighted by Gasteiger charge is -2.15. The van der Waals surface area contributed by atoms with Gasteiger partial charge in [0, 0.05) is 6.54 Å². The van der Waals surface area contributed by atoms with Crippen molar-refractivity contribution in [1.29, 1.82) is 0 Å². The second kappa shape index (κ2) is 7.69. The summed E-state index contributed by atoms with van der Waals surface area (Å²) in [6.07, 6.45) is -0.614. The van der Waals surface area contributed by atoms with Crippen molar-refractivity contribution in [1.82, 2.24) is 0 Å². The molecule has 2 N–H and O–H groups in total. The van der Waals surface area contributed by atoms with Crippen molar-refractivity contribution in [2.75, 3.05) is 18.5 Å². The topological polar surface area (TPSA) is 41.5 Å². The molecule has 0 amide bonds. The Balaban J connectivity index is 1.82. The molecule has 3 nitrogen and oxygen atoms in total. The lowest BCUT2D eigenvalue weighted by molar-refractivity contribution is 0.117. The molecule has 0 saturated carbocycles. The van der Waals surface area contributed by atoms with Crippen molar-refractivity contribution in [2.24, 2.45) is 0 Å². The number of anilines is 1. The Labute approximate surface area is 138 Å². The number of benzene rings is 2. The Morgan fingerprint density at radius 3 is 2.81 bits per heavy atom. The molecule has 2 aromatic rings. The first-order chi connectivity index (χ1) is 10.1. The largest absolute Gasteiger partial charge is 0.491 e. The van der Waals surface area contributed by atoms with Gasteiger partial charge in [0.1, 0.15) is 18.5 Å². The van der Waals surface area contributed by atoms with Gasteiger partial charge in [0.15, 0.2) is 0 Å². The Morgan fingerprint density at radius 2 is 2.05 bits per heavy atom. The van der Waals surface area contributed by atoms with Crippen LogP contribution in [0.2, 0.25) is 5.02 Å². The first-order valence-electron chi connectivity index (χ1n) is 6.61. The standard InChI is InChI=1S/C16H17BrClNO2/c1-11-4-2-5-13(8-11)21-10-12(20)9-19-15-7-3-6-14(18)16(15)17/h2-8,12,19-20H,9-10H2,1H3. The molecule has 0 aromatic heterocycles. The zero-order valence-electron chi connectivity index (χ0n) is 11.6. The summed E-state index contributed by atoms with van der Waals surface area (Å²) in [6, 6.07) is 13.3. The summed E-state index contributed by atoms with van der Waals surface area (Å²) < 4.78 is 6.35. The second-order valence-electron chi connectivity index (χ2n) is 4.76. The average Bonchev–Trinajstić information content (AvgIpc) is 2.47. The summed E-state index contributed by atoms with van der Waals surface area (Å²) in [4.78, 5) is 0. The summed E-state index contributed by atoms with van der Waals surface area (Å²) in [7, 11) is 0. The molecule has 2 aromatic carbocycles. The van der Waals surface area contributed by atoms with Crippen LogP contribution < -0.4 is 10.1 Å².